The van der Waals surface area contributed by atoms with Crippen molar-refractivity contribution in [3.05, 3.63) is 96.1 Å². The molecule has 138 valence electrons. The van der Waals surface area contributed by atoms with E-state index < -0.39 is 0 Å². The Balaban J connectivity index is 1.64. The molecule has 3 aromatic carbocycles. The third-order valence-corrected chi connectivity index (χ3v) is 4.18. The van der Waals surface area contributed by atoms with Gasteiger partial charge in [-0.2, -0.15) is 0 Å². The fraction of sp³-hybridized carbons (Fsp3) is 0.174. The molecule has 0 heterocycles. The lowest BCUT2D eigenvalue weighted by Crippen LogP contribution is -2.31. The van der Waals surface area contributed by atoms with Crippen LogP contribution in [0.5, 0.6) is 5.75 Å². The Kier molecular flexibility index (Phi) is 6.61. The average Bonchev–Trinajstić information content (AvgIpc) is 2.71. The van der Waals surface area contributed by atoms with E-state index in [0.29, 0.717) is 6.61 Å². The van der Waals surface area contributed by atoms with Crippen molar-refractivity contribution in [2.24, 2.45) is 0 Å². The van der Waals surface area contributed by atoms with Gasteiger partial charge in [0.1, 0.15) is 5.75 Å². The molecule has 0 radical (unpaired) electrons. The molecule has 2 N–H and O–H groups in total. The predicted octanol–water partition coefficient (Wildman–Crippen LogP) is 4.40. The summed E-state index contributed by atoms with van der Waals surface area (Å²) in [6, 6.07) is 27.6. The molecule has 0 unspecified atom stereocenters. The van der Waals surface area contributed by atoms with Crippen molar-refractivity contribution in [1.82, 2.24) is 5.32 Å². The highest BCUT2D eigenvalue weighted by atomic mass is 16.5. The fourth-order valence-electron chi connectivity index (χ4n) is 2.92. The second kappa shape index (κ2) is 9.55. The lowest BCUT2D eigenvalue weighted by atomic mass is 9.99. The van der Waals surface area contributed by atoms with Gasteiger partial charge in [0.25, 0.3) is 0 Å². The Bertz CT molecular complexity index is 794. The molecular weight excluding hydrogens is 336 g/mol. The van der Waals surface area contributed by atoms with Gasteiger partial charge in [-0.05, 0) is 42.3 Å². The summed E-state index contributed by atoms with van der Waals surface area (Å²) in [5.74, 6) is 0.706. The molecule has 0 saturated carbocycles. The normalized spacial score (nSPS) is 10.6. The fourth-order valence-corrected chi connectivity index (χ4v) is 2.92. The smallest absolute Gasteiger partial charge is 0.238 e. The molecule has 0 aliphatic rings. The first-order chi connectivity index (χ1) is 13.3. The Morgan fingerprint density at radius 1 is 0.852 bits per heavy atom. The van der Waals surface area contributed by atoms with Crippen molar-refractivity contribution >= 4 is 11.6 Å². The van der Waals surface area contributed by atoms with Crippen LogP contribution < -0.4 is 15.4 Å². The summed E-state index contributed by atoms with van der Waals surface area (Å²) < 4.78 is 5.42. The number of ether oxygens (including phenoxy) is 1. The van der Waals surface area contributed by atoms with Crippen LogP contribution in [0.4, 0.5) is 5.69 Å². The summed E-state index contributed by atoms with van der Waals surface area (Å²) in [7, 11) is 0. The van der Waals surface area contributed by atoms with Crippen molar-refractivity contribution < 1.29 is 9.53 Å². The monoisotopic (exact) mass is 360 g/mol. The highest BCUT2D eigenvalue weighted by molar-refractivity contribution is 5.92. The summed E-state index contributed by atoms with van der Waals surface area (Å²) in [5.41, 5.74) is 3.00. The minimum atomic E-state index is -0.0870. The number of nitrogens with one attached hydrogen (secondary N) is 2. The number of anilines is 1. The molecule has 4 heteroatoms. The Morgan fingerprint density at radius 3 is 1.93 bits per heavy atom. The van der Waals surface area contributed by atoms with Crippen molar-refractivity contribution in [3.63, 3.8) is 0 Å². The Hall–Kier alpha value is -3.11. The maximum atomic E-state index is 12.4. The van der Waals surface area contributed by atoms with Gasteiger partial charge in [0.15, 0.2) is 0 Å². The molecule has 0 saturated heterocycles. The molecule has 27 heavy (non-hydrogen) atoms. The van der Waals surface area contributed by atoms with E-state index >= 15 is 0 Å². The van der Waals surface area contributed by atoms with E-state index in [-0.39, 0.29) is 18.5 Å². The second-order valence-corrected chi connectivity index (χ2v) is 6.14. The maximum Gasteiger partial charge on any atom is 0.238 e. The molecule has 0 spiro atoms. The van der Waals surface area contributed by atoms with Crippen LogP contribution in [-0.4, -0.2) is 19.1 Å². The minimum absolute atomic E-state index is 0.0431. The van der Waals surface area contributed by atoms with Gasteiger partial charge in [-0.25, -0.2) is 0 Å². The average molecular weight is 360 g/mol. The third kappa shape index (κ3) is 5.43. The summed E-state index contributed by atoms with van der Waals surface area (Å²) in [6.07, 6.45) is 0. The SMILES string of the molecule is CCOc1ccc(NC(=O)CNC(c2ccccc2)c2ccccc2)cc1. The largest absolute Gasteiger partial charge is 0.494 e. The molecule has 0 atom stereocenters. The van der Waals surface area contributed by atoms with Crippen molar-refractivity contribution in [2.75, 3.05) is 18.5 Å². The van der Waals surface area contributed by atoms with Crippen LogP contribution in [0, 0.1) is 0 Å². The van der Waals surface area contributed by atoms with Gasteiger partial charge >= 0.3 is 0 Å². The number of hydrogen-bond acceptors (Lipinski definition) is 3. The molecule has 0 aromatic heterocycles. The standard InChI is InChI=1S/C23H24N2O2/c1-2-27-21-15-13-20(14-16-21)25-22(26)17-24-23(18-9-5-3-6-10-18)19-11-7-4-8-12-19/h3-16,23-24H,2,17H2,1H3,(H,25,26). The van der Waals surface area contributed by atoms with Crippen LogP contribution in [0.15, 0.2) is 84.9 Å². The highest BCUT2D eigenvalue weighted by Gasteiger charge is 2.14. The van der Waals surface area contributed by atoms with Crippen LogP contribution >= 0.6 is 0 Å². The van der Waals surface area contributed by atoms with Gasteiger partial charge in [0, 0.05) is 5.69 Å². The molecule has 0 fully saturated rings. The van der Waals surface area contributed by atoms with Gasteiger partial charge < -0.3 is 10.1 Å². The summed E-state index contributed by atoms with van der Waals surface area (Å²) in [6.45, 7) is 2.77. The van der Waals surface area contributed by atoms with E-state index in [9.17, 15) is 4.79 Å². The molecular formula is C23H24N2O2. The number of carbonyl (C=O) groups excluding carboxylic acids is 1. The Morgan fingerprint density at radius 2 is 1.41 bits per heavy atom. The summed E-state index contributed by atoms with van der Waals surface area (Å²) >= 11 is 0. The van der Waals surface area contributed by atoms with E-state index in [4.69, 9.17) is 4.74 Å². The lowest BCUT2D eigenvalue weighted by Gasteiger charge is -2.19. The van der Waals surface area contributed by atoms with E-state index in [1.165, 1.54) is 0 Å². The zero-order valence-electron chi connectivity index (χ0n) is 15.4. The minimum Gasteiger partial charge on any atom is -0.494 e. The number of rotatable bonds is 8. The number of hydrogen-bond donors (Lipinski definition) is 2. The first-order valence-corrected chi connectivity index (χ1v) is 9.12. The second-order valence-electron chi connectivity index (χ2n) is 6.14. The van der Waals surface area contributed by atoms with E-state index in [1.807, 2.05) is 67.6 Å². The van der Waals surface area contributed by atoms with Crippen LogP contribution in [0.1, 0.15) is 24.1 Å². The first-order valence-electron chi connectivity index (χ1n) is 9.12. The van der Waals surface area contributed by atoms with Crippen molar-refractivity contribution in [3.8, 4) is 5.75 Å². The van der Waals surface area contributed by atoms with Gasteiger partial charge in [0.2, 0.25) is 5.91 Å². The van der Waals surface area contributed by atoms with E-state index in [2.05, 4.69) is 34.9 Å². The number of benzene rings is 3. The van der Waals surface area contributed by atoms with Crippen molar-refractivity contribution in [1.29, 1.82) is 0 Å². The number of amides is 1. The molecule has 1 amide bonds. The van der Waals surface area contributed by atoms with Crippen LogP contribution in [0.2, 0.25) is 0 Å². The lowest BCUT2D eigenvalue weighted by molar-refractivity contribution is -0.115. The van der Waals surface area contributed by atoms with Gasteiger partial charge in [-0.15, -0.1) is 0 Å². The van der Waals surface area contributed by atoms with Crippen LogP contribution in [0.25, 0.3) is 0 Å². The zero-order valence-corrected chi connectivity index (χ0v) is 15.4. The van der Waals surface area contributed by atoms with Crippen LogP contribution in [-0.2, 0) is 4.79 Å². The molecule has 0 bridgehead atoms. The maximum absolute atomic E-state index is 12.4. The Labute approximate surface area is 160 Å². The molecule has 4 nitrogen and oxygen atoms in total. The number of carbonyl (C=O) groups is 1. The summed E-state index contributed by atoms with van der Waals surface area (Å²) in [4.78, 5) is 12.4. The molecule has 3 rings (SSSR count). The van der Waals surface area contributed by atoms with Crippen molar-refractivity contribution in [2.45, 2.75) is 13.0 Å². The molecule has 0 aliphatic heterocycles. The third-order valence-electron chi connectivity index (χ3n) is 4.18. The van der Waals surface area contributed by atoms with E-state index in [0.717, 1.165) is 22.6 Å². The topological polar surface area (TPSA) is 50.4 Å². The highest BCUT2D eigenvalue weighted by Crippen LogP contribution is 2.21. The van der Waals surface area contributed by atoms with E-state index in [1.54, 1.807) is 0 Å². The molecule has 0 aliphatic carbocycles. The van der Waals surface area contributed by atoms with Gasteiger partial charge in [-0.1, -0.05) is 60.7 Å². The molecule has 3 aromatic rings. The van der Waals surface area contributed by atoms with Gasteiger partial charge in [-0.3, -0.25) is 10.1 Å². The quantitative estimate of drug-likeness (QED) is 0.626. The van der Waals surface area contributed by atoms with Crippen LogP contribution in [0.3, 0.4) is 0 Å². The summed E-state index contributed by atoms with van der Waals surface area (Å²) in [5, 5.41) is 6.28. The van der Waals surface area contributed by atoms with Gasteiger partial charge in [0.05, 0.1) is 19.2 Å². The first kappa shape index (κ1) is 18.7. The zero-order chi connectivity index (χ0) is 18.9. The predicted molar refractivity (Wildman–Crippen MR) is 109 cm³/mol.